The Morgan fingerprint density at radius 2 is 0.773 bits per heavy atom. The first-order chi connectivity index (χ1) is 10.7. The van der Waals surface area contributed by atoms with Crippen LogP contribution in [-0.2, 0) is 0 Å². The van der Waals surface area contributed by atoms with Gasteiger partial charge >= 0.3 is 0 Å². The highest BCUT2D eigenvalue weighted by Gasteiger charge is 1.86. The van der Waals surface area contributed by atoms with Crippen LogP contribution in [0.5, 0.6) is 0 Å². The summed E-state index contributed by atoms with van der Waals surface area (Å²) in [5.41, 5.74) is 1.74. The molecule has 0 atom stereocenters. The first kappa shape index (κ1) is 22.3. The third-order valence-corrected chi connectivity index (χ3v) is 1.79. The van der Waals surface area contributed by atoms with Crippen LogP contribution >= 0.6 is 0 Å². The normalized spacial score (nSPS) is 8.91. The number of hydrogen-bond acceptors (Lipinski definition) is 2. The van der Waals surface area contributed by atoms with Gasteiger partial charge in [0.25, 0.3) is 0 Å². The number of rotatable bonds is 2. The number of hydrogen-bond donors (Lipinski definition) is 0. The Hall–Kier alpha value is -1.96. The summed E-state index contributed by atoms with van der Waals surface area (Å²) in [5.74, 6) is 0.833. The van der Waals surface area contributed by atoms with Gasteiger partial charge in [0.1, 0.15) is 0 Å². The van der Waals surface area contributed by atoms with Crippen molar-refractivity contribution in [3.63, 3.8) is 0 Å². The molecule has 2 nitrogen and oxygen atoms in total. The molecule has 122 valence electrons. The van der Waals surface area contributed by atoms with Gasteiger partial charge in [-0.25, -0.2) is 0 Å². The Morgan fingerprint density at radius 3 is 1.00 bits per heavy atom. The van der Waals surface area contributed by atoms with Gasteiger partial charge in [-0.3, -0.25) is 0 Å². The average molecular weight is 300 g/mol. The molecule has 0 N–H and O–H groups in total. The minimum absolute atomic E-state index is 0.833. The second kappa shape index (κ2) is 17.1. The van der Waals surface area contributed by atoms with Crippen LogP contribution in [0, 0.1) is 5.92 Å². The maximum atomic E-state index is 4.10. The van der Waals surface area contributed by atoms with Crippen molar-refractivity contribution in [3.05, 3.63) is 60.7 Å². The first-order valence-corrected chi connectivity index (χ1v) is 8.20. The maximum Gasteiger partial charge on any atom is 0.0857 e. The Labute approximate surface area is 137 Å². The molecule has 2 rings (SSSR count). The molecule has 2 heteroatoms. The molecule has 0 amide bonds. The van der Waals surface area contributed by atoms with Crippen molar-refractivity contribution in [2.24, 2.45) is 16.1 Å². The third-order valence-electron chi connectivity index (χ3n) is 1.79. The van der Waals surface area contributed by atoms with Gasteiger partial charge in [-0.05, 0) is 30.2 Å². The molecule has 0 unspecified atom stereocenters. The summed E-state index contributed by atoms with van der Waals surface area (Å²) in [4.78, 5) is 0. The van der Waals surface area contributed by atoms with E-state index in [1.165, 1.54) is 0 Å². The molecule has 2 aromatic carbocycles. The molecule has 0 saturated carbocycles. The zero-order valence-electron chi connectivity index (χ0n) is 15.2. The summed E-state index contributed by atoms with van der Waals surface area (Å²) in [6, 6.07) is 19.4. The predicted molar refractivity (Wildman–Crippen MR) is 100 cm³/mol. The van der Waals surface area contributed by atoms with E-state index in [-0.39, 0.29) is 0 Å². The fourth-order valence-electron chi connectivity index (χ4n) is 1.10. The standard InChI is InChI=1S/C12H10N2.C4H10.2C2H6/c1-3-7-11(8-4-1)13-14-12-9-5-2-6-10-12;1-4(2)3;2*1-2/h1-10H;4H,1-3H3;2*1-2H3. The topological polar surface area (TPSA) is 24.7 Å². The molecular formula is C20H32N2. The van der Waals surface area contributed by atoms with Crippen molar-refractivity contribution in [1.29, 1.82) is 0 Å². The average Bonchev–Trinajstić information content (AvgIpc) is 2.58. The van der Waals surface area contributed by atoms with Crippen LogP contribution < -0.4 is 0 Å². The molecule has 0 saturated heterocycles. The fraction of sp³-hybridized carbons (Fsp3) is 0.400. The lowest BCUT2D eigenvalue weighted by molar-refractivity contribution is 0.737. The second-order valence-corrected chi connectivity index (χ2v) is 4.60. The zero-order valence-corrected chi connectivity index (χ0v) is 15.2. The van der Waals surface area contributed by atoms with E-state index in [9.17, 15) is 0 Å². The Bertz CT molecular complexity index is 403. The molecule has 0 spiro atoms. The number of azo groups is 1. The highest BCUT2D eigenvalue weighted by atomic mass is 15.1. The largest absolute Gasteiger partial charge is 0.151 e. The van der Waals surface area contributed by atoms with E-state index in [4.69, 9.17) is 0 Å². The molecule has 0 bridgehead atoms. The first-order valence-electron chi connectivity index (χ1n) is 8.20. The van der Waals surface area contributed by atoms with Crippen LogP contribution in [-0.4, -0.2) is 0 Å². The highest BCUT2D eigenvalue weighted by Crippen LogP contribution is 2.16. The fourth-order valence-corrected chi connectivity index (χ4v) is 1.10. The van der Waals surface area contributed by atoms with E-state index < -0.39 is 0 Å². The minimum atomic E-state index is 0.833. The van der Waals surface area contributed by atoms with Gasteiger partial charge in [0.2, 0.25) is 0 Å². The van der Waals surface area contributed by atoms with Crippen LogP contribution in [0.15, 0.2) is 70.9 Å². The van der Waals surface area contributed by atoms with E-state index in [0.717, 1.165) is 17.3 Å². The van der Waals surface area contributed by atoms with Gasteiger partial charge in [-0.2, -0.15) is 10.2 Å². The lowest BCUT2D eigenvalue weighted by Crippen LogP contribution is -1.66. The minimum Gasteiger partial charge on any atom is -0.151 e. The van der Waals surface area contributed by atoms with Crippen molar-refractivity contribution in [3.8, 4) is 0 Å². The quantitative estimate of drug-likeness (QED) is 0.505. The van der Waals surface area contributed by atoms with Gasteiger partial charge in [-0.15, -0.1) is 0 Å². The zero-order chi connectivity index (χ0) is 17.2. The van der Waals surface area contributed by atoms with Gasteiger partial charge in [0, 0.05) is 0 Å². The van der Waals surface area contributed by atoms with Crippen LogP contribution in [0.1, 0.15) is 48.5 Å². The molecule has 0 aliphatic carbocycles. The molecule has 0 fully saturated rings. The monoisotopic (exact) mass is 300 g/mol. The molecule has 0 aliphatic heterocycles. The van der Waals surface area contributed by atoms with Gasteiger partial charge in [0.05, 0.1) is 11.4 Å². The lowest BCUT2D eigenvalue weighted by Gasteiger charge is -1.91. The molecular weight excluding hydrogens is 268 g/mol. The van der Waals surface area contributed by atoms with Gasteiger partial charge in [-0.1, -0.05) is 84.9 Å². The Balaban J connectivity index is 0. The Kier molecular flexibility index (Phi) is 17.3. The van der Waals surface area contributed by atoms with Crippen molar-refractivity contribution < 1.29 is 0 Å². The molecule has 2 aromatic rings. The van der Waals surface area contributed by atoms with E-state index in [0.29, 0.717) is 0 Å². The van der Waals surface area contributed by atoms with Crippen LogP contribution in [0.4, 0.5) is 11.4 Å². The van der Waals surface area contributed by atoms with Crippen LogP contribution in [0.25, 0.3) is 0 Å². The van der Waals surface area contributed by atoms with Gasteiger partial charge in [0.15, 0.2) is 0 Å². The van der Waals surface area contributed by atoms with Crippen LogP contribution in [0.3, 0.4) is 0 Å². The number of benzene rings is 2. The summed E-state index contributed by atoms with van der Waals surface area (Å²) in [6.45, 7) is 14.5. The van der Waals surface area contributed by atoms with Crippen molar-refractivity contribution in [2.45, 2.75) is 48.5 Å². The SMILES string of the molecule is CC.CC.CC(C)C.c1ccc(N=Nc2ccccc2)cc1. The molecule has 0 aromatic heterocycles. The van der Waals surface area contributed by atoms with Crippen molar-refractivity contribution in [1.82, 2.24) is 0 Å². The molecule has 0 heterocycles. The summed E-state index contributed by atoms with van der Waals surface area (Å²) >= 11 is 0. The smallest absolute Gasteiger partial charge is 0.0857 e. The highest BCUT2D eigenvalue weighted by molar-refractivity contribution is 5.39. The maximum absolute atomic E-state index is 4.10. The summed E-state index contributed by atoms with van der Waals surface area (Å²) in [5, 5.41) is 8.20. The predicted octanol–water partition coefficient (Wildman–Crippen LogP) is 7.82. The molecule has 22 heavy (non-hydrogen) atoms. The number of nitrogens with zero attached hydrogens (tertiary/aromatic N) is 2. The summed E-state index contributed by atoms with van der Waals surface area (Å²) < 4.78 is 0. The van der Waals surface area contributed by atoms with E-state index >= 15 is 0 Å². The second-order valence-electron chi connectivity index (χ2n) is 4.60. The molecule has 0 aliphatic rings. The molecule has 0 radical (unpaired) electrons. The van der Waals surface area contributed by atoms with E-state index in [2.05, 4.69) is 31.0 Å². The summed E-state index contributed by atoms with van der Waals surface area (Å²) in [7, 11) is 0. The van der Waals surface area contributed by atoms with Gasteiger partial charge < -0.3 is 0 Å². The van der Waals surface area contributed by atoms with Crippen LogP contribution in [0.2, 0.25) is 0 Å². The van der Waals surface area contributed by atoms with E-state index in [1.54, 1.807) is 0 Å². The third kappa shape index (κ3) is 14.4. The lowest BCUT2D eigenvalue weighted by atomic mass is 10.3. The van der Waals surface area contributed by atoms with Crippen molar-refractivity contribution in [2.75, 3.05) is 0 Å². The van der Waals surface area contributed by atoms with Crippen molar-refractivity contribution >= 4 is 11.4 Å². The Morgan fingerprint density at radius 1 is 0.545 bits per heavy atom. The summed E-state index contributed by atoms with van der Waals surface area (Å²) in [6.07, 6.45) is 0. The van der Waals surface area contributed by atoms with E-state index in [1.807, 2.05) is 88.4 Å².